The van der Waals surface area contributed by atoms with E-state index in [4.69, 9.17) is 9.84 Å². The minimum atomic E-state index is -0.754. The summed E-state index contributed by atoms with van der Waals surface area (Å²) in [5, 5.41) is 12.0. The maximum Gasteiger partial charge on any atom is 0.317 e. The Bertz CT molecular complexity index is 368. The number of ether oxygens (including phenoxy) is 1. The fourth-order valence-corrected chi connectivity index (χ4v) is 3.01. The monoisotopic (exact) mass is 284 g/mol. The molecule has 0 aromatic carbocycles. The molecule has 6 heteroatoms. The molecule has 0 aromatic heterocycles. The van der Waals surface area contributed by atoms with Crippen LogP contribution < -0.4 is 5.32 Å². The van der Waals surface area contributed by atoms with Crippen molar-refractivity contribution in [3.63, 3.8) is 0 Å². The summed E-state index contributed by atoms with van der Waals surface area (Å²) >= 11 is 0. The summed E-state index contributed by atoms with van der Waals surface area (Å²) in [6.45, 7) is 5.12. The molecular weight excluding hydrogens is 260 g/mol. The van der Waals surface area contributed by atoms with Crippen molar-refractivity contribution in [2.45, 2.75) is 57.7 Å². The Kier molecular flexibility index (Phi) is 4.86. The minimum Gasteiger partial charge on any atom is -0.481 e. The van der Waals surface area contributed by atoms with Crippen molar-refractivity contribution in [2.24, 2.45) is 5.92 Å². The normalized spacial score (nSPS) is 33.4. The van der Waals surface area contributed by atoms with Crippen LogP contribution in [-0.4, -0.2) is 53.3 Å². The molecule has 1 aliphatic carbocycles. The third-order valence-corrected chi connectivity index (χ3v) is 4.31. The van der Waals surface area contributed by atoms with Crippen molar-refractivity contribution < 1.29 is 19.4 Å². The second kappa shape index (κ2) is 6.43. The molecule has 2 fully saturated rings. The minimum absolute atomic E-state index is 0.0207. The quantitative estimate of drug-likeness (QED) is 0.819. The van der Waals surface area contributed by atoms with E-state index < -0.39 is 5.97 Å². The molecular formula is C14H24N2O4. The molecule has 20 heavy (non-hydrogen) atoms. The van der Waals surface area contributed by atoms with Gasteiger partial charge in [0.05, 0.1) is 12.0 Å². The summed E-state index contributed by atoms with van der Waals surface area (Å²) in [7, 11) is 0. The average Bonchev–Trinajstić information content (AvgIpc) is 2.35. The fraction of sp³-hybridized carbons (Fsp3) is 0.857. The van der Waals surface area contributed by atoms with Gasteiger partial charge in [0.15, 0.2) is 0 Å². The molecule has 2 unspecified atom stereocenters. The van der Waals surface area contributed by atoms with Gasteiger partial charge in [-0.2, -0.15) is 0 Å². The number of carbonyl (C=O) groups excluding carboxylic acids is 1. The molecule has 1 aliphatic heterocycles. The molecule has 114 valence electrons. The topological polar surface area (TPSA) is 78.9 Å². The average molecular weight is 284 g/mol. The number of carboxylic acids is 1. The van der Waals surface area contributed by atoms with Crippen LogP contribution in [0.1, 0.15) is 39.5 Å². The first-order chi connectivity index (χ1) is 9.51. The number of nitrogens with one attached hydrogen (secondary N) is 1. The lowest BCUT2D eigenvalue weighted by molar-refractivity contribution is -0.143. The van der Waals surface area contributed by atoms with E-state index in [9.17, 15) is 9.59 Å². The maximum absolute atomic E-state index is 12.2. The fourth-order valence-electron chi connectivity index (χ4n) is 3.01. The number of piperidine rings is 1. The summed E-state index contributed by atoms with van der Waals surface area (Å²) in [5.41, 5.74) is 0. The summed E-state index contributed by atoms with van der Waals surface area (Å²) in [6, 6.07) is 0.109. The highest BCUT2D eigenvalue weighted by Gasteiger charge is 2.35. The van der Waals surface area contributed by atoms with Gasteiger partial charge in [-0.1, -0.05) is 0 Å². The number of carboxylic acid groups (broad SMARTS) is 1. The van der Waals surface area contributed by atoms with E-state index in [1.54, 1.807) is 4.90 Å². The molecule has 0 aromatic rings. The summed E-state index contributed by atoms with van der Waals surface area (Å²) in [4.78, 5) is 24.9. The molecule has 1 saturated carbocycles. The standard InChI is InChI=1S/C14H24N2O4/c1-3-20-12-7-11(8-12)15-14(19)16-5-4-10(13(17)18)6-9(16)2/h9-12H,3-8H2,1-2H3,(H,15,19)(H,17,18). The van der Waals surface area contributed by atoms with Gasteiger partial charge in [-0.25, -0.2) is 4.79 Å². The van der Waals surface area contributed by atoms with Crippen LogP contribution in [0, 0.1) is 5.92 Å². The van der Waals surface area contributed by atoms with Gasteiger partial charge in [-0.3, -0.25) is 4.79 Å². The lowest BCUT2D eigenvalue weighted by Crippen LogP contribution is -2.55. The number of amides is 2. The van der Waals surface area contributed by atoms with Crippen LogP contribution in [0.5, 0.6) is 0 Å². The van der Waals surface area contributed by atoms with E-state index in [-0.39, 0.29) is 30.1 Å². The van der Waals surface area contributed by atoms with Crippen molar-refractivity contribution in [1.82, 2.24) is 10.2 Å². The largest absolute Gasteiger partial charge is 0.481 e. The molecule has 2 aliphatic rings. The van der Waals surface area contributed by atoms with Gasteiger partial charge in [0.2, 0.25) is 0 Å². The second-order valence-electron chi connectivity index (χ2n) is 5.80. The number of carbonyl (C=O) groups is 2. The Morgan fingerprint density at radius 1 is 1.35 bits per heavy atom. The smallest absolute Gasteiger partial charge is 0.317 e. The summed E-state index contributed by atoms with van der Waals surface area (Å²) < 4.78 is 5.47. The molecule has 6 nitrogen and oxygen atoms in total. The molecule has 2 amide bonds. The predicted octanol–water partition coefficient (Wildman–Crippen LogP) is 1.45. The highest BCUT2D eigenvalue weighted by Crippen LogP contribution is 2.26. The first kappa shape index (κ1) is 15.1. The number of hydrogen-bond acceptors (Lipinski definition) is 3. The molecule has 2 N–H and O–H groups in total. The van der Waals surface area contributed by atoms with Gasteiger partial charge in [0.1, 0.15) is 0 Å². The summed E-state index contributed by atoms with van der Waals surface area (Å²) in [6.07, 6.45) is 3.11. The van der Waals surface area contributed by atoms with Gasteiger partial charge >= 0.3 is 12.0 Å². The van der Waals surface area contributed by atoms with Crippen molar-refractivity contribution in [2.75, 3.05) is 13.2 Å². The molecule has 1 heterocycles. The molecule has 1 saturated heterocycles. The van der Waals surface area contributed by atoms with E-state index in [1.165, 1.54) is 0 Å². The van der Waals surface area contributed by atoms with E-state index in [1.807, 2.05) is 13.8 Å². The SMILES string of the molecule is CCOC1CC(NC(=O)N2CCC(C(=O)O)CC2C)C1. The summed E-state index contributed by atoms with van der Waals surface area (Å²) in [5.74, 6) is -1.07. The van der Waals surface area contributed by atoms with E-state index in [0.29, 0.717) is 26.0 Å². The van der Waals surface area contributed by atoms with Gasteiger partial charge in [-0.05, 0) is 39.5 Å². The maximum atomic E-state index is 12.2. The van der Waals surface area contributed by atoms with Gasteiger partial charge < -0.3 is 20.1 Å². The van der Waals surface area contributed by atoms with Crippen LogP contribution in [0.15, 0.2) is 0 Å². The first-order valence-electron chi connectivity index (χ1n) is 7.42. The number of nitrogens with zero attached hydrogens (tertiary/aromatic N) is 1. The van der Waals surface area contributed by atoms with Crippen LogP contribution in [0.25, 0.3) is 0 Å². The zero-order valence-electron chi connectivity index (χ0n) is 12.2. The molecule has 2 atom stereocenters. The molecule has 2 rings (SSSR count). The Morgan fingerprint density at radius 3 is 2.60 bits per heavy atom. The molecule has 0 radical (unpaired) electrons. The van der Waals surface area contributed by atoms with Gasteiger partial charge in [0.25, 0.3) is 0 Å². The first-order valence-corrected chi connectivity index (χ1v) is 7.42. The predicted molar refractivity (Wildman–Crippen MR) is 73.5 cm³/mol. The number of rotatable bonds is 4. The van der Waals surface area contributed by atoms with E-state index in [2.05, 4.69) is 5.32 Å². The van der Waals surface area contributed by atoms with E-state index >= 15 is 0 Å². The van der Waals surface area contributed by atoms with Gasteiger partial charge in [-0.15, -0.1) is 0 Å². The van der Waals surface area contributed by atoms with E-state index in [0.717, 1.165) is 12.8 Å². The molecule has 0 spiro atoms. The Balaban J connectivity index is 1.75. The number of likely N-dealkylation sites (tertiary alicyclic amines) is 1. The van der Waals surface area contributed by atoms with Crippen molar-refractivity contribution >= 4 is 12.0 Å². The van der Waals surface area contributed by atoms with Crippen molar-refractivity contribution in [3.05, 3.63) is 0 Å². The third kappa shape index (κ3) is 3.42. The van der Waals surface area contributed by atoms with Gasteiger partial charge in [0, 0.05) is 25.2 Å². The highest BCUT2D eigenvalue weighted by molar-refractivity contribution is 5.76. The molecule has 0 bridgehead atoms. The van der Waals surface area contributed by atoms with Crippen molar-refractivity contribution in [3.8, 4) is 0 Å². The lowest BCUT2D eigenvalue weighted by Gasteiger charge is -2.40. The third-order valence-electron chi connectivity index (χ3n) is 4.31. The lowest BCUT2D eigenvalue weighted by atomic mass is 9.89. The Hall–Kier alpha value is -1.30. The number of hydrogen-bond donors (Lipinski definition) is 2. The van der Waals surface area contributed by atoms with Crippen LogP contribution in [0.4, 0.5) is 4.79 Å². The number of aliphatic carboxylic acids is 1. The second-order valence-corrected chi connectivity index (χ2v) is 5.80. The van der Waals surface area contributed by atoms with Crippen molar-refractivity contribution in [1.29, 1.82) is 0 Å². The Labute approximate surface area is 119 Å². The van der Waals surface area contributed by atoms with Crippen LogP contribution in [0.2, 0.25) is 0 Å². The Morgan fingerprint density at radius 2 is 2.05 bits per heavy atom. The zero-order valence-corrected chi connectivity index (χ0v) is 12.2. The van der Waals surface area contributed by atoms with Crippen LogP contribution >= 0.6 is 0 Å². The van der Waals surface area contributed by atoms with Crippen LogP contribution in [0.3, 0.4) is 0 Å². The highest BCUT2D eigenvalue weighted by atomic mass is 16.5. The zero-order chi connectivity index (χ0) is 14.7. The number of urea groups is 1. The van der Waals surface area contributed by atoms with Crippen LogP contribution in [-0.2, 0) is 9.53 Å².